The minimum Gasteiger partial charge on any atom is -0.454 e. The summed E-state index contributed by atoms with van der Waals surface area (Å²) in [7, 11) is 0. The highest BCUT2D eigenvalue weighted by Crippen LogP contribution is 2.46. The van der Waals surface area contributed by atoms with E-state index < -0.39 is 0 Å². The van der Waals surface area contributed by atoms with Crippen LogP contribution in [-0.2, 0) is 5.41 Å². The molecule has 0 radical (unpaired) electrons. The van der Waals surface area contributed by atoms with Gasteiger partial charge in [0, 0.05) is 15.5 Å². The lowest BCUT2D eigenvalue weighted by Gasteiger charge is -2.26. The van der Waals surface area contributed by atoms with Crippen LogP contribution in [0.3, 0.4) is 0 Å². The number of fused-ring (bicyclic) bond motifs is 1. The Morgan fingerprint density at radius 2 is 2.12 bits per heavy atom. The largest absolute Gasteiger partial charge is 0.454 e. The van der Waals surface area contributed by atoms with Crippen LogP contribution in [-0.4, -0.2) is 18.5 Å². The molecule has 1 aromatic rings. The maximum Gasteiger partial charge on any atom is 0.231 e. The molecular formula is C12H15BrO3. The second kappa shape index (κ2) is 3.93. The van der Waals surface area contributed by atoms with E-state index >= 15 is 0 Å². The van der Waals surface area contributed by atoms with Crippen LogP contribution in [0.15, 0.2) is 10.5 Å². The predicted octanol–water partition coefficient (Wildman–Crippen LogP) is 2.76. The average molecular weight is 287 g/mol. The van der Waals surface area contributed by atoms with Crippen molar-refractivity contribution in [1.29, 1.82) is 0 Å². The highest BCUT2D eigenvalue weighted by Gasteiger charge is 2.31. The molecule has 1 N–H and O–H groups in total. The van der Waals surface area contributed by atoms with Gasteiger partial charge in [0.2, 0.25) is 6.79 Å². The van der Waals surface area contributed by atoms with Gasteiger partial charge < -0.3 is 14.6 Å². The van der Waals surface area contributed by atoms with E-state index in [1.807, 2.05) is 26.8 Å². The smallest absolute Gasteiger partial charge is 0.231 e. The third-order valence-electron chi connectivity index (χ3n) is 2.93. The normalized spacial score (nSPS) is 14.3. The summed E-state index contributed by atoms with van der Waals surface area (Å²) < 4.78 is 11.9. The third-order valence-corrected chi connectivity index (χ3v) is 3.76. The predicted molar refractivity (Wildman–Crippen MR) is 65.1 cm³/mol. The Balaban J connectivity index is 2.68. The van der Waals surface area contributed by atoms with Crippen LogP contribution in [0.25, 0.3) is 0 Å². The van der Waals surface area contributed by atoms with E-state index in [-0.39, 0.29) is 18.8 Å². The van der Waals surface area contributed by atoms with Crippen LogP contribution in [0.2, 0.25) is 0 Å². The fourth-order valence-corrected chi connectivity index (χ4v) is 2.40. The molecule has 0 spiro atoms. The Kier molecular flexibility index (Phi) is 2.88. The lowest BCUT2D eigenvalue weighted by atomic mass is 9.82. The Morgan fingerprint density at radius 1 is 1.44 bits per heavy atom. The van der Waals surface area contributed by atoms with Crippen LogP contribution < -0.4 is 9.47 Å². The first-order valence-electron chi connectivity index (χ1n) is 5.17. The zero-order valence-electron chi connectivity index (χ0n) is 9.63. The quantitative estimate of drug-likeness (QED) is 0.909. The summed E-state index contributed by atoms with van der Waals surface area (Å²) in [5, 5.41) is 9.48. The van der Waals surface area contributed by atoms with Gasteiger partial charge in [-0.25, -0.2) is 0 Å². The second-order valence-electron chi connectivity index (χ2n) is 4.63. The highest BCUT2D eigenvalue weighted by atomic mass is 79.9. The molecule has 1 aliphatic heterocycles. The number of halogens is 1. The summed E-state index contributed by atoms with van der Waals surface area (Å²) in [5.74, 6) is 1.51. The van der Waals surface area contributed by atoms with Crippen molar-refractivity contribution in [3.63, 3.8) is 0 Å². The lowest BCUT2D eigenvalue weighted by Crippen LogP contribution is -2.24. The fraction of sp³-hybridized carbons (Fsp3) is 0.500. The minimum atomic E-state index is -0.342. The second-order valence-corrected chi connectivity index (χ2v) is 5.49. The molecule has 2 rings (SSSR count). The number of benzene rings is 1. The average Bonchev–Trinajstić information content (AvgIpc) is 2.66. The van der Waals surface area contributed by atoms with E-state index in [1.54, 1.807) is 0 Å². The number of rotatable bonds is 2. The van der Waals surface area contributed by atoms with Crippen molar-refractivity contribution in [2.75, 3.05) is 13.4 Å². The number of aliphatic hydroxyl groups excluding tert-OH is 1. The van der Waals surface area contributed by atoms with E-state index in [9.17, 15) is 5.11 Å². The Labute approximate surface area is 104 Å². The van der Waals surface area contributed by atoms with Crippen molar-refractivity contribution in [3.8, 4) is 11.5 Å². The summed E-state index contributed by atoms with van der Waals surface area (Å²) >= 11 is 3.50. The molecule has 1 heterocycles. The van der Waals surface area contributed by atoms with Gasteiger partial charge in [0.05, 0.1) is 6.61 Å². The molecule has 0 unspecified atom stereocenters. The lowest BCUT2D eigenvalue weighted by molar-refractivity contribution is 0.169. The van der Waals surface area contributed by atoms with Crippen molar-refractivity contribution in [1.82, 2.24) is 0 Å². The van der Waals surface area contributed by atoms with Crippen molar-refractivity contribution in [2.45, 2.75) is 26.2 Å². The maximum atomic E-state index is 9.48. The van der Waals surface area contributed by atoms with Crippen LogP contribution in [0.1, 0.15) is 25.0 Å². The van der Waals surface area contributed by atoms with Crippen molar-refractivity contribution in [2.24, 2.45) is 0 Å². The molecule has 0 aromatic heterocycles. The minimum absolute atomic E-state index is 0.0695. The molecule has 0 fully saturated rings. The van der Waals surface area contributed by atoms with Gasteiger partial charge in [-0.3, -0.25) is 0 Å². The Morgan fingerprint density at radius 3 is 2.75 bits per heavy atom. The number of hydrogen-bond donors (Lipinski definition) is 1. The summed E-state index contributed by atoms with van der Waals surface area (Å²) in [6, 6.07) is 1.91. The molecule has 0 bridgehead atoms. The molecular weight excluding hydrogens is 272 g/mol. The SMILES string of the molecule is Cc1c(Br)cc2c(c1C(C)(C)CO)OCO2. The van der Waals surface area contributed by atoms with Crippen LogP contribution in [0.5, 0.6) is 11.5 Å². The van der Waals surface area contributed by atoms with Gasteiger partial charge in [-0.15, -0.1) is 0 Å². The molecule has 16 heavy (non-hydrogen) atoms. The highest BCUT2D eigenvalue weighted by molar-refractivity contribution is 9.10. The summed E-state index contributed by atoms with van der Waals surface area (Å²) in [4.78, 5) is 0. The summed E-state index contributed by atoms with van der Waals surface area (Å²) in [6.45, 7) is 6.31. The first-order chi connectivity index (χ1) is 7.47. The summed E-state index contributed by atoms with van der Waals surface area (Å²) in [6.07, 6.45) is 0. The maximum absolute atomic E-state index is 9.48. The summed E-state index contributed by atoms with van der Waals surface area (Å²) in [5.41, 5.74) is 1.76. The number of ether oxygens (including phenoxy) is 2. The van der Waals surface area contributed by atoms with Crippen molar-refractivity contribution >= 4 is 15.9 Å². The standard InChI is InChI=1S/C12H15BrO3/c1-7-8(13)4-9-11(16-6-15-9)10(7)12(2,3)5-14/h4,14H,5-6H2,1-3H3. The third kappa shape index (κ3) is 1.70. The monoisotopic (exact) mass is 286 g/mol. The fourth-order valence-electron chi connectivity index (χ4n) is 2.00. The van der Waals surface area contributed by atoms with Crippen LogP contribution in [0, 0.1) is 6.92 Å². The van der Waals surface area contributed by atoms with Gasteiger partial charge in [-0.1, -0.05) is 29.8 Å². The van der Waals surface area contributed by atoms with Gasteiger partial charge in [-0.2, -0.15) is 0 Å². The molecule has 1 aliphatic rings. The first kappa shape index (κ1) is 11.7. The molecule has 3 nitrogen and oxygen atoms in total. The van der Waals surface area contributed by atoms with Gasteiger partial charge in [0.15, 0.2) is 11.5 Å². The molecule has 88 valence electrons. The van der Waals surface area contributed by atoms with E-state index in [4.69, 9.17) is 9.47 Å². The van der Waals surface area contributed by atoms with Crippen molar-refractivity contribution < 1.29 is 14.6 Å². The molecule has 0 saturated carbocycles. The van der Waals surface area contributed by atoms with Gasteiger partial charge in [0.25, 0.3) is 0 Å². The zero-order chi connectivity index (χ0) is 11.9. The Bertz CT molecular complexity index is 427. The zero-order valence-corrected chi connectivity index (χ0v) is 11.2. The molecule has 0 saturated heterocycles. The van der Waals surface area contributed by atoms with E-state index in [2.05, 4.69) is 15.9 Å². The van der Waals surface area contributed by atoms with Gasteiger partial charge in [0.1, 0.15) is 0 Å². The molecule has 4 heteroatoms. The van der Waals surface area contributed by atoms with E-state index in [0.717, 1.165) is 27.1 Å². The van der Waals surface area contributed by atoms with E-state index in [0.29, 0.717) is 0 Å². The Hall–Kier alpha value is -0.740. The number of aliphatic hydroxyl groups is 1. The van der Waals surface area contributed by atoms with Gasteiger partial charge >= 0.3 is 0 Å². The van der Waals surface area contributed by atoms with E-state index in [1.165, 1.54) is 0 Å². The van der Waals surface area contributed by atoms with Crippen LogP contribution >= 0.6 is 15.9 Å². The van der Waals surface area contributed by atoms with Gasteiger partial charge in [-0.05, 0) is 18.6 Å². The molecule has 1 aromatic carbocycles. The molecule has 0 amide bonds. The topological polar surface area (TPSA) is 38.7 Å². The first-order valence-corrected chi connectivity index (χ1v) is 5.96. The van der Waals surface area contributed by atoms with Crippen molar-refractivity contribution in [3.05, 3.63) is 21.7 Å². The number of hydrogen-bond acceptors (Lipinski definition) is 3. The molecule has 0 aliphatic carbocycles. The molecule has 0 atom stereocenters. The van der Waals surface area contributed by atoms with Crippen LogP contribution in [0.4, 0.5) is 0 Å².